The minimum atomic E-state index is 0.275. The van der Waals surface area contributed by atoms with Gasteiger partial charge in [0.15, 0.2) is 0 Å². The minimum Gasteiger partial charge on any atom is -0.396 e. The van der Waals surface area contributed by atoms with Crippen molar-refractivity contribution in [3.63, 3.8) is 0 Å². The van der Waals surface area contributed by atoms with Gasteiger partial charge in [0, 0.05) is 19.7 Å². The first-order chi connectivity index (χ1) is 8.80. The van der Waals surface area contributed by atoms with Crippen molar-refractivity contribution in [2.24, 2.45) is 5.92 Å². The van der Waals surface area contributed by atoms with Crippen molar-refractivity contribution in [3.8, 4) is 0 Å². The second kappa shape index (κ2) is 5.48. The summed E-state index contributed by atoms with van der Waals surface area (Å²) in [4.78, 5) is 2.52. The van der Waals surface area contributed by atoms with Crippen molar-refractivity contribution in [1.82, 2.24) is 4.90 Å². The molecule has 0 aromatic rings. The lowest BCUT2D eigenvalue weighted by Crippen LogP contribution is -2.41. The molecule has 1 N–H and O–H groups in total. The molecule has 2 aliphatic heterocycles. The number of rotatable bonds is 3. The Hall–Kier alpha value is -0.120. The van der Waals surface area contributed by atoms with Gasteiger partial charge in [0.2, 0.25) is 0 Å². The lowest BCUT2D eigenvalue weighted by atomic mass is 9.97. The van der Waals surface area contributed by atoms with Crippen molar-refractivity contribution in [2.45, 2.75) is 63.1 Å². The number of hydrogen-bond donors (Lipinski definition) is 1. The zero-order chi connectivity index (χ0) is 12.4. The topological polar surface area (TPSA) is 32.7 Å². The molecule has 104 valence electrons. The summed E-state index contributed by atoms with van der Waals surface area (Å²) in [5.41, 5.74) is 0.275. The highest BCUT2D eigenvalue weighted by Crippen LogP contribution is 2.43. The predicted octanol–water partition coefficient (Wildman–Crippen LogP) is 2.18. The van der Waals surface area contributed by atoms with E-state index in [-0.39, 0.29) is 5.60 Å². The van der Waals surface area contributed by atoms with Crippen LogP contribution in [-0.2, 0) is 4.74 Å². The smallest absolute Gasteiger partial charge is 0.0710 e. The van der Waals surface area contributed by atoms with Gasteiger partial charge in [-0.25, -0.2) is 0 Å². The Kier molecular flexibility index (Phi) is 3.92. The molecule has 2 unspecified atom stereocenters. The lowest BCUT2D eigenvalue weighted by molar-refractivity contribution is -0.0516. The maximum absolute atomic E-state index is 9.28. The third-order valence-corrected chi connectivity index (χ3v) is 5.18. The maximum Gasteiger partial charge on any atom is 0.0710 e. The molecule has 0 aromatic carbocycles. The Morgan fingerprint density at radius 1 is 1.11 bits per heavy atom. The summed E-state index contributed by atoms with van der Waals surface area (Å²) in [7, 11) is 0. The van der Waals surface area contributed by atoms with Gasteiger partial charge < -0.3 is 14.7 Å². The van der Waals surface area contributed by atoms with Gasteiger partial charge in [-0.15, -0.1) is 0 Å². The molecular weight excluding hydrogens is 226 g/mol. The van der Waals surface area contributed by atoms with Crippen molar-refractivity contribution in [1.29, 1.82) is 0 Å². The number of aliphatic hydroxyl groups is 1. The van der Waals surface area contributed by atoms with Gasteiger partial charge in [-0.3, -0.25) is 0 Å². The molecule has 0 bridgehead atoms. The van der Waals surface area contributed by atoms with E-state index < -0.39 is 0 Å². The number of aliphatic hydroxyl groups excluding tert-OH is 1. The number of ether oxygens (including phenoxy) is 1. The molecule has 1 saturated carbocycles. The highest BCUT2D eigenvalue weighted by Gasteiger charge is 2.42. The second-order valence-corrected chi connectivity index (χ2v) is 6.62. The van der Waals surface area contributed by atoms with Crippen molar-refractivity contribution < 1.29 is 9.84 Å². The van der Waals surface area contributed by atoms with Crippen LogP contribution in [0.5, 0.6) is 0 Å². The largest absolute Gasteiger partial charge is 0.396 e. The van der Waals surface area contributed by atoms with Gasteiger partial charge in [0.05, 0.1) is 11.7 Å². The molecule has 1 aliphatic carbocycles. The fourth-order valence-electron chi connectivity index (χ4n) is 4.17. The summed E-state index contributed by atoms with van der Waals surface area (Å²) >= 11 is 0. The van der Waals surface area contributed by atoms with Crippen LogP contribution >= 0.6 is 0 Å². The number of likely N-dealkylation sites (tertiary alicyclic amines) is 1. The Morgan fingerprint density at radius 3 is 2.72 bits per heavy atom. The van der Waals surface area contributed by atoms with Gasteiger partial charge in [-0.2, -0.15) is 0 Å². The second-order valence-electron chi connectivity index (χ2n) is 6.62. The maximum atomic E-state index is 9.28. The molecule has 0 aromatic heterocycles. The van der Waals surface area contributed by atoms with E-state index in [2.05, 4.69) is 4.90 Å². The van der Waals surface area contributed by atoms with Crippen LogP contribution in [0.1, 0.15) is 51.4 Å². The Morgan fingerprint density at radius 2 is 1.94 bits per heavy atom. The number of nitrogens with zero attached hydrogens (tertiary/aromatic N) is 1. The zero-order valence-electron chi connectivity index (χ0n) is 11.4. The van der Waals surface area contributed by atoms with Crippen LogP contribution < -0.4 is 0 Å². The van der Waals surface area contributed by atoms with E-state index in [1.807, 2.05) is 0 Å². The third-order valence-electron chi connectivity index (χ3n) is 5.18. The highest BCUT2D eigenvalue weighted by atomic mass is 16.5. The van der Waals surface area contributed by atoms with Gasteiger partial charge in [0.25, 0.3) is 0 Å². The van der Waals surface area contributed by atoms with Crippen LogP contribution in [0, 0.1) is 5.92 Å². The molecule has 3 rings (SSSR count). The molecule has 0 amide bonds. The fourth-order valence-corrected chi connectivity index (χ4v) is 4.17. The quantitative estimate of drug-likeness (QED) is 0.837. The van der Waals surface area contributed by atoms with Crippen LogP contribution in [0.4, 0.5) is 0 Å². The Bertz CT molecular complexity index is 276. The average molecular weight is 253 g/mol. The normalized spacial score (nSPS) is 36.5. The molecule has 0 radical (unpaired) electrons. The summed E-state index contributed by atoms with van der Waals surface area (Å²) in [5, 5.41) is 9.28. The lowest BCUT2D eigenvalue weighted by Gasteiger charge is -2.34. The molecule has 2 saturated heterocycles. The molecule has 1 spiro atoms. The molecule has 18 heavy (non-hydrogen) atoms. The summed E-state index contributed by atoms with van der Waals surface area (Å²) in [5.74, 6) is 0.501. The molecule has 3 heteroatoms. The van der Waals surface area contributed by atoms with E-state index in [1.54, 1.807) is 0 Å². The van der Waals surface area contributed by atoms with Gasteiger partial charge >= 0.3 is 0 Å². The van der Waals surface area contributed by atoms with Crippen LogP contribution in [0.2, 0.25) is 0 Å². The summed E-state index contributed by atoms with van der Waals surface area (Å²) < 4.78 is 6.38. The van der Waals surface area contributed by atoms with E-state index in [9.17, 15) is 5.11 Å². The Balaban J connectivity index is 1.48. The molecule has 2 heterocycles. The highest BCUT2D eigenvalue weighted by molar-refractivity contribution is 4.93. The number of hydrogen-bond acceptors (Lipinski definition) is 3. The zero-order valence-corrected chi connectivity index (χ0v) is 11.4. The molecule has 3 aliphatic rings. The Labute approximate surface area is 110 Å². The minimum absolute atomic E-state index is 0.275. The van der Waals surface area contributed by atoms with E-state index in [4.69, 9.17) is 4.74 Å². The standard InChI is InChI=1S/C15H27NO2/c17-12-13-4-3-9-16(10-13)11-14-5-8-15(18-14)6-1-2-7-15/h13-14,17H,1-12H2. The van der Waals surface area contributed by atoms with E-state index in [0.717, 1.165) is 13.1 Å². The molecule has 3 fully saturated rings. The van der Waals surface area contributed by atoms with Crippen LogP contribution in [0.3, 0.4) is 0 Å². The molecular formula is C15H27NO2. The third kappa shape index (κ3) is 2.73. The van der Waals surface area contributed by atoms with Crippen LogP contribution in [0.15, 0.2) is 0 Å². The van der Waals surface area contributed by atoms with Gasteiger partial charge in [0.1, 0.15) is 0 Å². The fraction of sp³-hybridized carbons (Fsp3) is 1.00. The van der Waals surface area contributed by atoms with E-state index in [1.165, 1.54) is 57.9 Å². The first kappa shape index (κ1) is 12.9. The summed E-state index contributed by atoms with van der Waals surface area (Å²) in [6.07, 6.45) is 10.7. The van der Waals surface area contributed by atoms with Crippen LogP contribution in [-0.4, -0.2) is 48.0 Å². The number of piperidine rings is 1. The summed E-state index contributed by atoms with van der Waals surface area (Å²) in [6, 6.07) is 0. The first-order valence-electron chi connectivity index (χ1n) is 7.81. The molecule has 2 atom stereocenters. The molecule has 3 nitrogen and oxygen atoms in total. The predicted molar refractivity (Wildman–Crippen MR) is 71.6 cm³/mol. The van der Waals surface area contributed by atoms with Gasteiger partial charge in [-0.1, -0.05) is 12.8 Å². The average Bonchev–Trinajstić information content (AvgIpc) is 3.01. The van der Waals surface area contributed by atoms with E-state index in [0.29, 0.717) is 18.6 Å². The monoisotopic (exact) mass is 253 g/mol. The van der Waals surface area contributed by atoms with Gasteiger partial charge in [-0.05, 0) is 51.0 Å². The van der Waals surface area contributed by atoms with Crippen molar-refractivity contribution >= 4 is 0 Å². The van der Waals surface area contributed by atoms with Crippen LogP contribution in [0.25, 0.3) is 0 Å². The first-order valence-corrected chi connectivity index (χ1v) is 7.81. The van der Waals surface area contributed by atoms with Crippen molar-refractivity contribution in [3.05, 3.63) is 0 Å². The summed E-state index contributed by atoms with van der Waals surface area (Å²) in [6.45, 7) is 3.72. The van der Waals surface area contributed by atoms with E-state index >= 15 is 0 Å². The SMILES string of the molecule is OCC1CCCN(CC2CCC3(CCCC3)O2)C1. The van der Waals surface area contributed by atoms with Crippen molar-refractivity contribution in [2.75, 3.05) is 26.2 Å².